The Morgan fingerprint density at radius 3 is 2.19 bits per heavy atom. The second-order valence-electron chi connectivity index (χ2n) is 3.33. The number of aromatic hydroxyl groups is 1. The third-order valence-corrected chi connectivity index (χ3v) is 2.29. The minimum atomic E-state index is 0.177. The first-order valence-corrected chi connectivity index (χ1v) is 5.58. The van der Waals surface area contributed by atoms with Crippen molar-refractivity contribution in [2.75, 3.05) is 0 Å². The lowest BCUT2D eigenvalue weighted by atomic mass is 10.0. The molecule has 0 aliphatic carbocycles. The number of hydrogen-bond donors (Lipinski definition) is 2. The Morgan fingerprint density at radius 1 is 1.25 bits per heavy atom. The molecule has 2 N–H and O–H groups in total. The van der Waals surface area contributed by atoms with Crippen LogP contribution in [0, 0.1) is 5.41 Å². The zero-order chi connectivity index (χ0) is 12.7. The van der Waals surface area contributed by atoms with Gasteiger partial charge in [-0.1, -0.05) is 26.0 Å². The number of hydrogen-bond acceptors (Lipinski definition) is 2. The van der Waals surface area contributed by atoms with Gasteiger partial charge < -0.3 is 10.5 Å². The first-order valence-electron chi connectivity index (χ1n) is 5.58. The van der Waals surface area contributed by atoms with Crippen molar-refractivity contribution in [3.8, 4) is 5.75 Å². The van der Waals surface area contributed by atoms with Gasteiger partial charge in [-0.25, -0.2) is 0 Å². The molecule has 2 heteroatoms. The molecule has 2 nitrogen and oxygen atoms in total. The predicted octanol–water partition coefficient (Wildman–Crippen LogP) is 4.23. The van der Waals surface area contributed by atoms with E-state index in [9.17, 15) is 5.11 Å². The third kappa shape index (κ3) is 3.54. The summed E-state index contributed by atoms with van der Waals surface area (Å²) in [5.74, 6) is 0.177. The zero-order valence-electron chi connectivity index (χ0n) is 10.8. The van der Waals surface area contributed by atoms with Gasteiger partial charge in [-0.2, -0.15) is 0 Å². The van der Waals surface area contributed by atoms with E-state index in [0.29, 0.717) is 11.3 Å². The molecule has 0 saturated carbocycles. The fourth-order valence-electron chi connectivity index (χ4n) is 1.26. The van der Waals surface area contributed by atoms with Crippen molar-refractivity contribution in [1.82, 2.24) is 0 Å². The molecule has 0 fully saturated rings. The molecule has 0 aliphatic heterocycles. The summed E-state index contributed by atoms with van der Waals surface area (Å²) in [5, 5.41) is 17.1. The van der Waals surface area contributed by atoms with Crippen LogP contribution in [0.25, 0.3) is 5.57 Å². The van der Waals surface area contributed by atoms with E-state index >= 15 is 0 Å². The van der Waals surface area contributed by atoms with Gasteiger partial charge in [0.25, 0.3) is 0 Å². The topological polar surface area (TPSA) is 44.1 Å². The third-order valence-electron chi connectivity index (χ3n) is 2.29. The van der Waals surface area contributed by atoms with E-state index in [1.54, 1.807) is 19.1 Å². The van der Waals surface area contributed by atoms with Crippen LogP contribution in [0.2, 0.25) is 0 Å². The molecule has 1 rings (SSSR count). The number of phenolic OH excluding ortho intramolecular Hbond substituents is 1. The van der Waals surface area contributed by atoms with Gasteiger partial charge >= 0.3 is 0 Å². The molecular weight excluding hydrogens is 198 g/mol. The summed E-state index contributed by atoms with van der Waals surface area (Å²) in [7, 11) is 0. The van der Waals surface area contributed by atoms with Crippen LogP contribution in [0.5, 0.6) is 5.75 Å². The van der Waals surface area contributed by atoms with Gasteiger partial charge in [0.2, 0.25) is 0 Å². The second kappa shape index (κ2) is 6.83. The summed E-state index contributed by atoms with van der Waals surface area (Å²) in [6.45, 7) is 9.62. The highest BCUT2D eigenvalue weighted by Crippen LogP contribution is 2.23. The van der Waals surface area contributed by atoms with Crippen LogP contribution in [0.15, 0.2) is 24.3 Å². The molecule has 88 valence electrons. The molecule has 0 atom stereocenters. The number of nitrogens with one attached hydrogen (secondary N) is 1. The highest BCUT2D eigenvalue weighted by molar-refractivity contribution is 5.99. The van der Waals surface area contributed by atoms with E-state index in [-0.39, 0.29) is 5.75 Å². The Bertz CT molecular complexity index is 392. The maximum Gasteiger partial charge on any atom is 0.125 e. The SMILES string of the molecule is C/C=C(\C)c1ccc(C(C)=N)c(O)c1.CC. The summed E-state index contributed by atoms with van der Waals surface area (Å²) in [6.07, 6.45) is 1.99. The Balaban J connectivity index is 0.00000106. The Hall–Kier alpha value is -1.57. The lowest BCUT2D eigenvalue weighted by molar-refractivity contribution is 0.474. The van der Waals surface area contributed by atoms with E-state index in [1.807, 2.05) is 39.8 Å². The van der Waals surface area contributed by atoms with Crippen LogP contribution in [-0.4, -0.2) is 10.8 Å². The van der Waals surface area contributed by atoms with Crippen molar-refractivity contribution in [1.29, 1.82) is 5.41 Å². The predicted molar refractivity (Wildman–Crippen MR) is 71.3 cm³/mol. The van der Waals surface area contributed by atoms with Crippen molar-refractivity contribution in [3.63, 3.8) is 0 Å². The zero-order valence-corrected chi connectivity index (χ0v) is 10.8. The van der Waals surface area contributed by atoms with Gasteiger partial charge in [0.15, 0.2) is 0 Å². The number of phenols is 1. The van der Waals surface area contributed by atoms with Crippen LogP contribution in [0.4, 0.5) is 0 Å². The summed E-state index contributed by atoms with van der Waals surface area (Å²) in [4.78, 5) is 0. The molecule has 0 amide bonds. The molecule has 1 aromatic rings. The van der Waals surface area contributed by atoms with Gasteiger partial charge in [-0.15, -0.1) is 0 Å². The van der Waals surface area contributed by atoms with Crippen LogP contribution >= 0.6 is 0 Å². The smallest absolute Gasteiger partial charge is 0.125 e. The largest absolute Gasteiger partial charge is 0.507 e. The first-order chi connectivity index (χ1) is 7.56. The van der Waals surface area contributed by atoms with Crippen molar-refractivity contribution in [3.05, 3.63) is 35.4 Å². The van der Waals surface area contributed by atoms with E-state index < -0.39 is 0 Å². The normalized spacial score (nSPS) is 10.4. The lowest BCUT2D eigenvalue weighted by Crippen LogP contribution is -1.93. The standard InChI is InChI=1S/C12H15NO.C2H6/c1-4-8(2)10-5-6-11(9(3)13)12(14)7-10;1-2/h4-7,13-14H,1-3H3;1-2H3/b8-4+,13-9?;. The summed E-state index contributed by atoms with van der Waals surface area (Å²) in [6, 6.07) is 5.39. The minimum Gasteiger partial charge on any atom is -0.507 e. The molecule has 0 unspecified atom stereocenters. The minimum absolute atomic E-state index is 0.177. The van der Waals surface area contributed by atoms with Gasteiger partial charge in [0.1, 0.15) is 5.75 Å². The highest BCUT2D eigenvalue weighted by atomic mass is 16.3. The first kappa shape index (κ1) is 14.4. The fraction of sp³-hybridized carbons (Fsp3) is 0.357. The van der Waals surface area contributed by atoms with Crippen molar-refractivity contribution >= 4 is 11.3 Å². The molecule has 0 bridgehead atoms. The van der Waals surface area contributed by atoms with Crippen LogP contribution in [0.1, 0.15) is 45.7 Å². The van der Waals surface area contributed by atoms with Crippen LogP contribution < -0.4 is 0 Å². The summed E-state index contributed by atoms with van der Waals surface area (Å²) >= 11 is 0. The molecule has 0 heterocycles. The molecule has 1 aromatic carbocycles. The number of allylic oxidation sites excluding steroid dienone is 2. The summed E-state index contributed by atoms with van der Waals surface area (Å²) < 4.78 is 0. The maximum atomic E-state index is 9.64. The van der Waals surface area contributed by atoms with Gasteiger partial charge in [0, 0.05) is 11.3 Å². The van der Waals surface area contributed by atoms with E-state index in [1.165, 1.54) is 0 Å². The Morgan fingerprint density at radius 2 is 1.81 bits per heavy atom. The highest BCUT2D eigenvalue weighted by Gasteiger charge is 2.04. The molecule has 0 aliphatic rings. The number of rotatable bonds is 2. The maximum absolute atomic E-state index is 9.64. The molecule has 0 saturated heterocycles. The monoisotopic (exact) mass is 219 g/mol. The quantitative estimate of drug-likeness (QED) is 0.718. The van der Waals surface area contributed by atoms with Crippen LogP contribution in [0.3, 0.4) is 0 Å². The van der Waals surface area contributed by atoms with Crippen molar-refractivity contribution < 1.29 is 5.11 Å². The average molecular weight is 219 g/mol. The van der Waals surface area contributed by atoms with E-state index in [2.05, 4.69) is 0 Å². The Labute approximate surface area is 98.1 Å². The average Bonchev–Trinajstić information content (AvgIpc) is 2.30. The van der Waals surface area contributed by atoms with Gasteiger partial charge in [-0.3, -0.25) is 0 Å². The fourth-order valence-corrected chi connectivity index (χ4v) is 1.26. The molecular formula is C14H21NO. The van der Waals surface area contributed by atoms with Gasteiger partial charge in [-0.05, 0) is 44.0 Å². The van der Waals surface area contributed by atoms with Crippen LogP contribution in [-0.2, 0) is 0 Å². The molecule has 16 heavy (non-hydrogen) atoms. The van der Waals surface area contributed by atoms with Gasteiger partial charge in [0.05, 0.1) is 0 Å². The number of benzene rings is 1. The molecule has 0 aromatic heterocycles. The summed E-state index contributed by atoms with van der Waals surface area (Å²) in [5.41, 5.74) is 3.09. The van der Waals surface area contributed by atoms with E-state index in [0.717, 1.165) is 11.1 Å². The van der Waals surface area contributed by atoms with Crippen molar-refractivity contribution in [2.24, 2.45) is 0 Å². The molecule has 0 radical (unpaired) electrons. The second-order valence-corrected chi connectivity index (χ2v) is 3.33. The van der Waals surface area contributed by atoms with E-state index in [4.69, 9.17) is 5.41 Å². The lowest BCUT2D eigenvalue weighted by Gasteiger charge is -2.06. The molecule has 0 spiro atoms. The van der Waals surface area contributed by atoms with Crippen molar-refractivity contribution in [2.45, 2.75) is 34.6 Å². The Kier molecular flexibility index (Phi) is 6.16.